The van der Waals surface area contributed by atoms with E-state index >= 15 is 4.39 Å². The van der Waals surface area contributed by atoms with Gasteiger partial charge in [0.2, 0.25) is 0 Å². The van der Waals surface area contributed by atoms with Gasteiger partial charge in [-0.1, -0.05) is 29.3 Å². The average Bonchev–Trinajstić information content (AvgIpc) is 3.06. The van der Waals surface area contributed by atoms with Crippen molar-refractivity contribution in [1.29, 1.82) is 0 Å². The lowest BCUT2D eigenvalue weighted by molar-refractivity contribution is -0.137. The molecule has 1 atom stereocenters. The van der Waals surface area contributed by atoms with Crippen LogP contribution in [0.15, 0.2) is 30.5 Å². The summed E-state index contributed by atoms with van der Waals surface area (Å²) in [7, 11) is 1.28. The molecule has 2 aromatic carbocycles. The zero-order valence-electron chi connectivity index (χ0n) is 20.4. The van der Waals surface area contributed by atoms with Crippen molar-refractivity contribution in [2.24, 2.45) is 0 Å². The molecule has 0 spiro atoms. The van der Waals surface area contributed by atoms with Crippen LogP contribution in [0.3, 0.4) is 0 Å². The Morgan fingerprint density at radius 2 is 1.92 bits per heavy atom. The minimum Gasteiger partial charge on any atom is -0.489 e. The zero-order valence-corrected chi connectivity index (χ0v) is 21.9. The Hall–Kier alpha value is -3.77. The summed E-state index contributed by atoms with van der Waals surface area (Å²) >= 11 is 12.6. The monoisotopic (exact) mass is 582 g/mol. The van der Waals surface area contributed by atoms with Crippen molar-refractivity contribution in [2.75, 3.05) is 36.6 Å². The van der Waals surface area contributed by atoms with Crippen LogP contribution in [0, 0.1) is 5.82 Å². The van der Waals surface area contributed by atoms with Gasteiger partial charge in [-0.2, -0.15) is 23.1 Å². The van der Waals surface area contributed by atoms with E-state index in [2.05, 4.69) is 15.0 Å². The summed E-state index contributed by atoms with van der Waals surface area (Å²) in [6.45, 7) is 2.09. The Morgan fingerprint density at radius 3 is 2.59 bits per heavy atom. The van der Waals surface area contributed by atoms with Crippen LogP contribution < -0.4 is 25.8 Å². The van der Waals surface area contributed by atoms with Crippen LogP contribution >= 0.6 is 23.2 Å². The van der Waals surface area contributed by atoms with Crippen molar-refractivity contribution in [2.45, 2.75) is 19.1 Å². The second-order valence-corrected chi connectivity index (χ2v) is 9.49. The van der Waals surface area contributed by atoms with Crippen molar-refractivity contribution in [3.05, 3.63) is 57.5 Å². The lowest BCUT2D eigenvalue weighted by atomic mass is 9.95. The number of hydrogen-bond acceptors (Lipinski definition) is 8. The number of nitrogens with zero attached hydrogens (tertiary/aromatic N) is 4. The maximum Gasteiger partial charge on any atom is 0.418 e. The highest BCUT2D eigenvalue weighted by molar-refractivity contribution is 6.37. The second-order valence-electron chi connectivity index (χ2n) is 8.71. The van der Waals surface area contributed by atoms with E-state index in [1.807, 2.05) is 6.92 Å². The van der Waals surface area contributed by atoms with E-state index in [1.165, 1.54) is 7.11 Å². The fourth-order valence-electron chi connectivity index (χ4n) is 4.70. The van der Waals surface area contributed by atoms with Gasteiger partial charge in [0.1, 0.15) is 23.8 Å². The molecular formula is C25H20Cl2F4N6O2. The molecule has 0 saturated heterocycles. The molecule has 1 unspecified atom stereocenters. The van der Waals surface area contributed by atoms with Crippen LogP contribution in [-0.4, -0.2) is 35.2 Å². The molecule has 4 N–H and O–H groups in total. The van der Waals surface area contributed by atoms with Gasteiger partial charge in [0.15, 0.2) is 11.6 Å². The number of hydrogen-bond donors (Lipinski definition) is 2. The molecule has 14 heteroatoms. The first-order chi connectivity index (χ1) is 18.4. The van der Waals surface area contributed by atoms with E-state index in [9.17, 15) is 13.2 Å². The van der Waals surface area contributed by atoms with Crippen molar-refractivity contribution >= 4 is 51.4 Å². The first-order valence-corrected chi connectivity index (χ1v) is 12.2. The maximum atomic E-state index is 16.3. The van der Waals surface area contributed by atoms with Gasteiger partial charge in [0.05, 0.1) is 40.7 Å². The third kappa shape index (κ3) is 4.47. The summed E-state index contributed by atoms with van der Waals surface area (Å²) in [5.41, 5.74) is 9.50. The van der Waals surface area contributed by atoms with E-state index < -0.39 is 44.8 Å². The number of halogens is 6. The molecule has 0 amide bonds. The Balaban J connectivity index is 1.85. The fraction of sp³-hybridized carbons (Fsp3) is 0.240. The predicted octanol–water partition coefficient (Wildman–Crippen LogP) is 6.29. The molecule has 0 saturated carbocycles. The van der Waals surface area contributed by atoms with Crippen molar-refractivity contribution in [3.8, 4) is 22.9 Å². The Morgan fingerprint density at radius 1 is 1.18 bits per heavy atom. The highest BCUT2D eigenvalue weighted by atomic mass is 35.5. The molecule has 1 aliphatic rings. The molecule has 2 aromatic heterocycles. The van der Waals surface area contributed by atoms with Crippen LogP contribution in [0.1, 0.15) is 24.1 Å². The van der Waals surface area contributed by atoms with Gasteiger partial charge in [0, 0.05) is 28.6 Å². The SMILES string of the molecule is COc1nc2c3c(c(Cl)c(-c4cc(N)cc(Cl)c4C(F)(F)F)c(F)c3n1)OCCN2C(C)c1cccnc1N. The summed E-state index contributed by atoms with van der Waals surface area (Å²) in [6.07, 6.45) is -3.41. The molecule has 0 fully saturated rings. The molecule has 8 nitrogen and oxygen atoms in total. The number of ether oxygens (including phenoxy) is 2. The van der Waals surface area contributed by atoms with Crippen LogP contribution in [0.2, 0.25) is 10.0 Å². The second kappa shape index (κ2) is 9.76. The third-order valence-electron chi connectivity index (χ3n) is 6.43. The highest BCUT2D eigenvalue weighted by Crippen LogP contribution is 2.52. The Labute approximate surface area is 229 Å². The van der Waals surface area contributed by atoms with Gasteiger partial charge < -0.3 is 25.8 Å². The van der Waals surface area contributed by atoms with Gasteiger partial charge in [-0.25, -0.2) is 9.37 Å². The minimum atomic E-state index is -4.95. The molecule has 39 heavy (non-hydrogen) atoms. The van der Waals surface area contributed by atoms with E-state index in [0.29, 0.717) is 5.56 Å². The van der Waals surface area contributed by atoms with Crippen molar-refractivity contribution < 1.29 is 27.0 Å². The summed E-state index contributed by atoms with van der Waals surface area (Å²) in [5.74, 6) is -0.785. The molecule has 0 aliphatic carbocycles. The maximum absolute atomic E-state index is 16.3. The number of anilines is 3. The number of alkyl halides is 3. The van der Waals surface area contributed by atoms with E-state index in [1.54, 1.807) is 23.2 Å². The first kappa shape index (κ1) is 26.8. The number of nitrogens with two attached hydrogens (primary N) is 2. The quantitative estimate of drug-likeness (QED) is 0.213. The fourth-order valence-corrected chi connectivity index (χ4v) is 5.37. The average molecular weight is 583 g/mol. The number of methoxy groups -OCH3 is 1. The number of aromatic nitrogens is 3. The summed E-state index contributed by atoms with van der Waals surface area (Å²) in [5, 5.41) is -1.08. The number of nitrogen functional groups attached to an aromatic ring is 2. The van der Waals surface area contributed by atoms with Gasteiger partial charge >= 0.3 is 12.2 Å². The van der Waals surface area contributed by atoms with Crippen molar-refractivity contribution in [1.82, 2.24) is 15.0 Å². The third-order valence-corrected chi connectivity index (χ3v) is 7.09. The van der Waals surface area contributed by atoms with Crippen LogP contribution in [-0.2, 0) is 6.18 Å². The molecule has 204 valence electrons. The van der Waals surface area contributed by atoms with Gasteiger partial charge in [0.25, 0.3) is 0 Å². The first-order valence-electron chi connectivity index (χ1n) is 11.5. The topological polar surface area (TPSA) is 112 Å². The smallest absolute Gasteiger partial charge is 0.418 e. The molecular weight excluding hydrogens is 563 g/mol. The summed E-state index contributed by atoms with van der Waals surface area (Å²) in [4.78, 5) is 14.5. The van der Waals surface area contributed by atoms with E-state index in [0.717, 1.165) is 12.1 Å². The summed E-state index contributed by atoms with van der Waals surface area (Å²) in [6, 6.07) is 4.73. The van der Waals surface area contributed by atoms with Gasteiger partial charge in [-0.05, 0) is 25.1 Å². The molecule has 0 bridgehead atoms. The van der Waals surface area contributed by atoms with Crippen LogP contribution in [0.5, 0.6) is 11.8 Å². The molecule has 4 aromatic rings. The summed E-state index contributed by atoms with van der Waals surface area (Å²) < 4.78 is 69.8. The minimum absolute atomic E-state index is 0.0207. The van der Waals surface area contributed by atoms with E-state index in [4.69, 9.17) is 44.1 Å². The van der Waals surface area contributed by atoms with Gasteiger partial charge in [-0.3, -0.25) is 0 Å². The number of rotatable bonds is 4. The normalized spacial score (nSPS) is 14.2. The standard InChI is InChI=1S/C25H20Cl2F4N6O2/c1-10(12-4-3-5-34-22(12)33)37-6-7-39-21-16-20(35-24(38-2)36-23(16)37)19(28)15(18(21)27)13-8-11(32)9-14(26)17(13)25(29,30)31/h3-5,8-10H,6-7,32H2,1-2H3,(H2,33,34). The lowest BCUT2D eigenvalue weighted by Gasteiger charge is -2.30. The van der Waals surface area contributed by atoms with Crippen LogP contribution in [0.4, 0.5) is 34.9 Å². The van der Waals surface area contributed by atoms with Crippen molar-refractivity contribution in [3.63, 3.8) is 0 Å². The Bertz CT molecular complexity index is 1620. The lowest BCUT2D eigenvalue weighted by Crippen LogP contribution is -2.31. The molecule has 0 radical (unpaired) electrons. The largest absolute Gasteiger partial charge is 0.489 e. The van der Waals surface area contributed by atoms with Gasteiger partial charge in [-0.15, -0.1) is 0 Å². The molecule has 5 rings (SSSR count). The molecule has 3 heterocycles. The number of pyridine rings is 1. The van der Waals surface area contributed by atoms with Crippen LogP contribution in [0.25, 0.3) is 22.0 Å². The Kier molecular flexibility index (Phi) is 6.71. The number of benzene rings is 2. The van der Waals surface area contributed by atoms with E-state index in [-0.39, 0.29) is 53.1 Å². The zero-order chi connectivity index (χ0) is 28.2. The predicted molar refractivity (Wildman–Crippen MR) is 141 cm³/mol. The highest BCUT2D eigenvalue weighted by Gasteiger charge is 2.39. The molecule has 1 aliphatic heterocycles.